The summed E-state index contributed by atoms with van der Waals surface area (Å²) in [5.74, 6) is -1.16. The molecule has 1 aliphatic heterocycles. The van der Waals surface area contributed by atoms with Crippen molar-refractivity contribution in [1.29, 1.82) is 0 Å². The molecule has 2 N–H and O–H groups in total. The third kappa shape index (κ3) is 5.68. The molecule has 4 rings (SSSR count). The molecule has 2 unspecified atom stereocenters. The second kappa shape index (κ2) is 10.9. The Kier molecular flexibility index (Phi) is 7.45. The van der Waals surface area contributed by atoms with E-state index in [1.54, 1.807) is 24.3 Å². The molecule has 0 bridgehead atoms. The Balaban J connectivity index is 1.23. The molecule has 1 heterocycles. The van der Waals surface area contributed by atoms with Crippen molar-refractivity contribution < 1.29 is 28.7 Å². The molecule has 2 atom stereocenters. The number of imide groups is 1. The molecule has 0 saturated carbocycles. The number of carbonyl (C=O) groups excluding carboxylic acids is 4. The normalized spacial score (nSPS) is 18.7. The predicted molar refractivity (Wildman–Crippen MR) is 126 cm³/mol. The van der Waals surface area contributed by atoms with Crippen molar-refractivity contribution in [2.24, 2.45) is 11.8 Å². The van der Waals surface area contributed by atoms with E-state index in [1.807, 2.05) is 43.3 Å². The number of hydrazine groups is 1. The van der Waals surface area contributed by atoms with Crippen LogP contribution in [0.4, 0.5) is 0 Å². The number of carbonyl (C=O) groups is 4. The second-order valence-electron chi connectivity index (χ2n) is 8.31. The van der Waals surface area contributed by atoms with Gasteiger partial charge in [-0.2, -0.15) is 0 Å². The number of hydrogen-bond donors (Lipinski definition) is 2. The summed E-state index contributed by atoms with van der Waals surface area (Å²) in [6.07, 6.45) is 4.78. The lowest BCUT2D eigenvalue weighted by molar-refractivity contribution is -0.143. The molecule has 9 heteroatoms. The van der Waals surface area contributed by atoms with E-state index in [9.17, 15) is 19.2 Å². The minimum atomic E-state index is -0.646. The van der Waals surface area contributed by atoms with E-state index in [4.69, 9.17) is 9.47 Å². The molecular weight excluding hydrogens is 450 g/mol. The third-order valence-electron chi connectivity index (χ3n) is 5.97. The molecule has 1 fully saturated rings. The maximum Gasteiger partial charge on any atom is 0.269 e. The number of allylic oxidation sites excluding steroid dienone is 2. The Hall–Kier alpha value is -4.14. The van der Waals surface area contributed by atoms with Crippen LogP contribution in [0, 0.1) is 11.8 Å². The van der Waals surface area contributed by atoms with Gasteiger partial charge in [0.25, 0.3) is 11.8 Å². The predicted octanol–water partition coefficient (Wildman–Crippen LogP) is 2.38. The number of rotatable bonds is 8. The Labute approximate surface area is 203 Å². The molecule has 4 amide bonds. The Morgan fingerprint density at radius 2 is 1.43 bits per heavy atom. The second-order valence-corrected chi connectivity index (χ2v) is 8.31. The molecule has 0 spiro atoms. The lowest BCUT2D eigenvalue weighted by Crippen LogP contribution is -2.47. The van der Waals surface area contributed by atoms with Crippen LogP contribution in [0.2, 0.25) is 0 Å². The first-order valence-corrected chi connectivity index (χ1v) is 11.5. The van der Waals surface area contributed by atoms with Gasteiger partial charge in [-0.1, -0.05) is 24.3 Å². The van der Waals surface area contributed by atoms with Crippen molar-refractivity contribution >= 4 is 23.6 Å². The SMILES string of the molecule is CCOc1ccc(OCc2ccc(C(=O)NNC(=O)CN3C(=O)C4CC=CCC4C3=O)cc2)cc1. The van der Waals surface area contributed by atoms with Gasteiger partial charge in [-0.15, -0.1) is 0 Å². The van der Waals surface area contributed by atoms with Gasteiger partial charge in [0.1, 0.15) is 24.7 Å². The van der Waals surface area contributed by atoms with Gasteiger partial charge in [-0.05, 0) is 61.7 Å². The zero-order valence-electron chi connectivity index (χ0n) is 19.4. The fraction of sp³-hybridized carbons (Fsp3) is 0.308. The average molecular weight is 478 g/mol. The fourth-order valence-corrected chi connectivity index (χ4v) is 4.12. The summed E-state index contributed by atoms with van der Waals surface area (Å²) >= 11 is 0. The molecule has 2 aromatic carbocycles. The molecule has 0 aromatic heterocycles. The van der Waals surface area contributed by atoms with E-state index in [-0.39, 0.29) is 11.8 Å². The van der Waals surface area contributed by atoms with Gasteiger partial charge in [-0.25, -0.2) is 0 Å². The highest BCUT2D eigenvalue weighted by Gasteiger charge is 2.47. The van der Waals surface area contributed by atoms with Crippen LogP contribution >= 0.6 is 0 Å². The Morgan fingerprint density at radius 3 is 2.00 bits per heavy atom. The van der Waals surface area contributed by atoms with E-state index in [2.05, 4.69) is 10.9 Å². The van der Waals surface area contributed by atoms with E-state index in [0.717, 1.165) is 16.2 Å². The van der Waals surface area contributed by atoms with Gasteiger partial charge in [0.05, 0.1) is 18.4 Å². The summed E-state index contributed by atoms with van der Waals surface area (Å²) in [5, 5.41) is 0. The summed E-state index contributed by atoms with van der Waals surface area (Å²) in [5.41, 5.74) is 5.78. The van der Waals surface area contributed by atoms with E-state index < -0.39 is 30.2 Å². The topological polar surface area (TPSA) is 114 Å². The van der Waals surface area contributed by atoms with Gasteiger partial charge >= 0.3 is 0 Å². The molecule has 0 radical (unpaired) electrons. The number of likely N-dealkylation sites (tertiary alicyclic amines) is 1. The summed E-state index contributed by atoms with van der Waals surface area (Å²) in [4.78, 5) is 50.5. The summed E-state index contributed by atoms with van der Waals surface area (Å²) in [6, 6.07) is 14.0. The quantitative estimate of drug-likeness (QED) is 0.343. The summed E-state index contributed by atoms with van der Waals surface area (Å²) in [6.45, 7) is 2.42. The first kappa shape index (κ1) is 24.0. The maximum absolute atomic E-state index is 12.5. The minimum absolute atomic E-state index is 0.321. The van der Waals surface area contributed by atoms with Crippen LogP contribution in [-0.4, -0.2) is 41.7 Å². The van der Waals surface area contributed by atoms with Crippen molar-refractivity contribution in [2.75, 3.05) is 13.2 Å². The third-order valence-corrected chi connectivity index (χ3v) is 5.97. The zero-order chi connectivity index (χ0) is 24.8. The van der Waals surface area contributed by atoms with Crippen LogP contribution in [0.1, 0.15) is 35.7 Å². The maximum atomic E-state index is 12.5. The summed E-state index contributed by atoms with van der Waals surface area (Å²) < 4.78 is 11.1. The van der Waals surface area contributed by atoms with Crippen molar-refractivity contribution in [3.63, 3.8) is 0 Å². The highest BCUT2D eigenvalue weighted by molar-refractivity contribution is 6.07. The number of fused-ring (bicyclic) bond motifs is 1. The number of hydrogen-bond acceptors (Lipinski definition) is 6. The number of amides is 4. The zero-order valence-corrected chi connectivity index (χ0v) is 19.4. The smallest absolute Gasteiger partial charge is 0.269 e. The molecule has 182 valence electrons. The fourth-order valence-electron chi connectivity index (χ4n) is 4.12. The van der Waals surface area contributed by atoms with Gasteiger partial charge in [0.2, 0.25) is 11.8 Å². The van der Waals surface area contributed by atoms with E-state index in [1.165, 1.54) is 0 Å². The highest BCUT2D eigenvalue weighted by Crippen LogP contribution is 2.34. The van der Waals surface area contributed by atoms with Crippen molar-refractivity contribution in [2.45, 2.75) is 26.4 Å². The monoisotopic (exact) mass is 477 g/mol. The van der Waals surface area contributed by atoms with Gasteiger partial charge in [0, 0.05) is 5.56 Å². The molecule has 9 nitrogen and oxygen atoms in total. The average Bonchev–Trinajstić information content (AvgIpc) is 3.12. The Morgan fingerprint density at radius 1 is 0.857 bits per heavy atom. The number of nitrogens with one attached hydrogen (secondary N) is 2. The first-order chi connectivity index (χ1) is 17.0. The molecule has 1 aliphatic carbocycles. The van der Waals surface area contributed by atoms with Crippen LogP contribution in [-0.2, 0) is 21.0 Å². The van der Waals surface area contributed by atoms with Crippen LogP contribution in [0.25, 0.3) is 0 Å². The molecular formula is C26H27N3O6. The number of nitrogens with zero attached hydrogens (tertiary/aromatic N) is 1. The molecule has 2 aromatic rings. The lowest BCUT2D eigenvalue weighted by atomic mass is 9.85. The molecule has 1 saturated heterocycles. The number of benzene rings is 2. The van der Waals surface area contributed by atoms with Gasteiger partial charge in [0.15, 0.2) is 0 Å². The van der Waals surface area contributed by atoms with Gasteiger partial charge in [-0.3, -0.25) is 34.9 Å². The van der Waals surface area contributed by atoms with Crippen LogP contribution in [0.5, 0.6) is 11.5 Å². The Bertz CT molecular complexity index is 1100. The van der Waals surface area contributed by atoms with Crippen LogP contribution in [0.3, 0.4) is 0 Å². The van der Waals surface area contributed by atoms with Crippen LogP contribution < -0.4 is 20.3 Å². The standard InChI is InChI=1S/C26H27N3O6/c1-2-34-19-11-13-20(14-12-19)35-16-17-7-9-18(10-8-17)24(31)28-27-23(30)15-29-25(32)21-5-3-4-6-22(21)26(29)33/h3-4,7-14,21-22H,2,5-6,15-16H2,1H3,(H,27,30)(H,28,31). The highest BCUT2D eigenvalue weighted by atomic mass is 16.5. The molecule has 2 aliphatic rings. The largest absolute Gasteiger partial charge is 0.494 e. The minimum Gasteiger partial charge on any atom is -0.494 e. The van der Waals surface area contributed by atoms with Gasteiger partial charge < -0.3 is 9.47 Å². The van der Waals surface area contributed by atoms with Crippen LogP contribution in [0.15, 0.2) is 60.7 Å². The summed E-state index contributed by atoms with van der Waals surface area (Å²) in [7, 11) is 0. The van der Waals surface area contributed by atoms with Crippen molar-refractivity contribution in [1.82, 2.24) is 15.8 Å². The van der Waals surface area contributed by atoms with E-state index in [0.29, 0.717) is 37.4 Å². The lowest BCUT2D eigenvalue weighted by Gasteiger charge is -2.15. The molecule has 35 heavy (non-hydrogen) atoms. The van der Waals surface area contributed by atoms with Crippen molar-refractivity contribution in [3.05, 3.63) is 71.8 Å². The van der Waals surface area contributed by atoms with E-state index >= 15 is 0 Å². The number of ether oxygens (including phenoxy) is 2. The van der Waals surface area contributed by atoms with Crippen molar-refractivity contribution in [3.8, 4) is 11.5 Å². The first-order valence-electron chi connectivity index (χ1n) is 11.5.